The van der Waals surface area contributed by atoms with Crippen LogP contribution in [0.1, 0.15) is 37.8 Å². The van der Waals surface area contributed by atoms with E-state index in [4.69, 9.17) is 14.8 Å². The number of aromatic nitrogens is 1. The molecule has 1 aliphatic carbocycles. The number of rotatable bonds is 3. The number of nitrogens with one attached hydrogen (secondary N) is 1. The zero-order valence-electron chi connectivity index (χ0n) is 17.6. The summed E-state index contributed by atoms with van der Waals surface area (Å²) in [6.07, 6.45) is 3.12. The molecule has 31 heavy (non-hydrogen) atoms. The van der Waals surface area contributed by atoms with Gasteiger partial charge in [0.15, 0.2) is 6.61 Å². The minimum atomic E-state index is -0.141. The van der Waals surface area contributed by atoms with Crippen molar-refractivity contribution in [1.82, 2.24) is 4.68 Å². The van der Waals surface area contributed by atoms with Gasteiger partial charge < -0.3 is 10.1 Å². The van der Waals surface area contributed by atoms with Crippen molar-refractivity contribution >= 4 is 28.6 Å². The topological polar surface area (TPSA) is 68.0 Å². The van der Waals surface area contributed by atoms with Crippen molar-refractivity contribution in [3.8, 4) is 17.0 Å². The Kier molecular flexibility index (Phi) is 5.19. The Bertz CT molecular complexity index is 1250. The molecule has 2 aliphatic rings. The van der Waals surface area contributed by atoms with Crippen molar-refractivity contribution in [3.05, 3.63) is 63.8 Å². The van der Waals surface area contributed by atoms with Gasteiger partial charge in [-0.2, -0.15) is 5.10 Å². The van der Waals surface area contributed by atoms with Crippen molar-refractivity contribution in [2.24, 2.45) is 10.1 Å². The highest BCUT2D eigenvalue weighted by Crippen LogP contribution is 2.33. The molecule has 0 atom stereocenters. The molecular formula is C24H24N4O2S. The summed E-state index contributed by atoms with van der Waals surface area (Å²) in [6, 6.07) is 14.5. The molecule has 6 nitrogen and oxygen atoms in total. The molecule has 5 rings (SSSR count). The molecular weight excluding hydrogens is 408 g/mol. The fraction of sp³-hybridized carbons (Fsp3) is 0.292. The smallest absolute Gasteiger partial charge is 0.262 e. The van der Waals surface area contributed by atoms with Gasteiger partial charge in [-0.3, -0.25) is 9.79 Å². The van der Waals surface area contributed by atoms with Gasteiger partial charge in [-0.1, -0.05) is 24.3 Å². The third kappa shape index (κ3) is 3.93. The number of carbonyl (C=O) groups excluding carboxylic acids is 1. The van der Waals surface area contributed by atoms with Gasteiger partial charge in [0.05, 0.1) is 17.1 Å². The summed E-state index contributed by atoms with van der Waals surface area (Å²) in [4.78, 5) is 17.4. The first-order valence-corrected chi connectivity index (χ1v) is 11.4. The standard InChI is InChI=1S/C24H24N4O2S/c1-15(2)25-24-28(27-19-9-5-7-16-6-3-4-8-18(16)19)21(14-31-24)17-10-11-22-20(12-17)26-23(29)13-30-22/h3-4,6,8,10-12,14-15H,5,7,9,13H2,1-2H3,(H,26,29). The minimum Gasteiger partial charge on any atom is -0.482 e. The maximum absolute atomic E-state index is 11.8. The van der Waals surface area contributed by atoms with Crippen molar-refractivity contribution < 1.29 is 9.53 Å². The van der Waals surface area contributed by atoms with Crippen molar-refractivity contribution in [1.29, 1.82) is 0 Å². The molecule has 0 radical (unpaired) electrons. The molecule has 0 unspecified atom stereocenters. The molecule has 0 saturated carbocycles. The highest BCUT2D eigenvalue weighted by Gasteiger charge is 2.19. The number of ether oxygens (including phenoxy) is 1. The fourth-order valence-electron chi connectivity index (χ4n) is 3.97. The summed E-state index contributed by atoms with van der Waals surface area (Å²) in [5.41, 5.74) is 6.24. The Hall–Kier alpha value is -3.19. The molecule has 1 N–H and O–H groups in total. The summed E-state index contributed by atoms with van der Waals surface area (Å²) >= 11 is 1.58. The van der Waals surface area contributed by atoms with Crippen molar-refractivity contribution in [3.63, 3.8) is 0 Å². The van der Waals surface area contributed by atoms with E-state index in [1.54, 1.807) is 11.3 Å². The van der Waals surface area contributed by atoms with Crippen LogP contribution in [0.3, 0.4) is 0 Å². The number of fused-ring (bicyclic) bond motifs is 2. The SMILES string of the molecule is CC(C)N=c1scc(-c2ccc3c(c2)NC(=O)CO3)n1N=C1CCCc2ccccc21. The van der Waals surface area contributed by atoms with Crippen LogP contribution >= 0.6 is 11.3 Å². The molecule has 2 heterocycles. The highest BCUT2D eigenvalue weighted by atomic mass is 32.1. The molecule has 0 bridgehead atoms. The van der Waals surface area contributed by atoms with E-state index in [-0.39, 0.29) is 18.6 Å². The molecule has 3 aromatic rings. The highest BCUT2D eigenvalue weighted by molar-refractivity contribution is 7.07. The molecule has 0 fully saturated rings. The normalized spacial score (nSPS) is 17.3. The first kappa shape index (κ1) is 19.8. The number of thiazole rings is 1. The largest absolute Gasteiger partial charge is 0.482 e. The summed E-state index contributed by atoms with van der Waals surface area (Å²) in [7, 11) is 0. The van der Waals surface area contributed by atoms with Crippen LogP contribution < -0.4 is 14.9 Å². The van der Waals surface area contributed by atoms with E-state index in [1.165, 1.54) is 11.1 Å². The summed E-state index contributed by atoms with van der Waals surface area (Å²) in [5.74, 6) is 0.544. The number of anilines is 1. The predicted molar refractivity (Wildman–Crippen MR) is 124 cm³/mol. The Morgan fingerprint density at radius 3 is 2.90 bits per heavy atom. The Morgan fingerprint density at radius 2 is 2.03 bits per heavy atom. The lowest BCUT2D eigenvalue weighted by molar-refractivity contribution is -0.118. The molecule has 0 spiro atoms. The lowest BCUT2D eigenvalue weighted by atomic mass is 9.90. The van der Waals surface area contributed by atoms with Gasteiger partial charge in [-0.25, -0.2) is 4.68 Å². The van der Waals surface area contributed by atoms with Crippen LogP contribution in [0.5, 0.6) is 5.75 Å². The molecule has 2 aromatic carbocycles. The molecule has 158 valence electrons. The summed E-state index contributed by atoms with van der Waals surface area (Å²) < 4.78 is 7.47. The molecule has 1 aromatic heterocycles. The van der Waals surface area contributed by atoms with Gasteiger partial charge in [-0.15, -0.1) is 11.3 Å². The van der Waals surface area contributed by atoms with E-state index in [9.17, 15) is 4.79 Å². The maximum Gasteiger partial charge on any atom is 0.262 e. The lowest BCUT2D eigenvalue weighted by Gasteiger charge is -2.19. The zero-order chi connectivity index (χ0) is 21.4. The molecule has 7 heteroatoms. The average Bonchev–Trinajstić information content (AvgIpc) is 3.15. The lowest BCUT2D eigenvalue weighted by Crippen LogP contribution is -2.25. The van der Waals surface area contributed by atoms with E-state index < -0.39 is 0 Å². The number of nitrogens with zero attached hydrogens (tertiary/aromatic N) is 3. The third-order valence-electron chi connectivity index (χ3n) is 5.37. The van der Waals surface area contributed by atoms with E-state index in [1.807, 2.05) is 22.9 Å². The van der Waals surface area contributed by atoms with Crippen LogP contribution in [0.4, 0.5) is 5.69 Å². The Morgan fingerprint density at radius 1 is 1.16 bits per heavy atom. The second-order valence-electron chi connectivity index (χ2n) is 8.04. The first-order valence-electron chi connectivity index (χ1n) is 10.6. The third-order valence-corrected chi connectivity index (χ3v) is 6.20. The van der Waals surface area contributed by atoms with Gasteiger partial charge in [0.25, 0.3) is 5.91 Å². The van der Waals surface area contributed by atoms with E-state index >= 15 is 0 Å². The second kappa shape index (κ2) is 8.15. The van der Waals surface area contributed by atoms with Gasteiger partial charge >= 0.3 is 0 Å². The van der Waals surface area contributed by atoms with Gasteiger partial charge in [0.1, 0.15) is 5.75 Å². The average molecular weight is 433 g/mol. The van der Waals surface area contributed by atoms with Crippen LogP contribution in [0.25, 0.3) is 11.3 Å². The molecule has 1 amide bonds. The van der Waals surface area contributed by atoms with Gasteiger partial charge in [0, 0.05) is 22.5 Å². The number of hydrogen-bond acceptors (Lipinski definition) is 5. The Labute approximate surface area is 184 Å². The zero-order valence-corrected chi connectivity index (χ0v) is 18.4. The first-order chi connectivity index (χ1) is 15.1. The van der Waals surface area contributed by atoms with Gasteiger partial charge in [-0.05, 0) is 56.9 Å². The number of hydrogen-bond donors (Lipinski definition) is 1. The maximum atomic E-state index is 11.8. The van der Waals surface area contributed by atoms with Crippen LogP contribution in [0.2, 0.25) is 0 Å². The quantitative estimate of drug-likeness (QED) is 0.665. The van der Waals surface area contributed by atoms with Crippen LogP contribution in [-0.2, 0) is 11.2 Å². The van der Waals surface area contributed by atoms with Crippen LogP contribution in [0.15, 0.2) is 57.9 Å². The van der Waals surface area contributed by atoms with Gasteiger partial charge in [0.2, 0.25) is 4.80 Å². The summed E-state index contributed by atoms with van der Waals surface area (Å²) in [5, 5.41) is 10.1. The van der Waals surface area contributed by atoms with E-state index in [0.717, 1.165) is 41.0 Å². The van der Waals surface area contributed by atoms with Crippen LogP contribution in [-0.4, -0.2) is 28.9 Å². The monoisotopic (exact) mass is 432 g/mol. The number of aryl methyl sites for hydroxylation is 1. The fourth-order valence-corrected chi connectivity index (χ4v) is 4.94. The van der Waals surface area contributed by atoms with E-state index in [2.05, 4.69) is 48.8 Å². The van der Waals surface area contributed by atoms with Crippen LogP contribution in [0, 0.1) is 0 Å². The number of amides is 1. The van der Waals surface area contributed by atoms with Crippen molar-refractivity contribution in [2.45, 2.75) is 39.2 Å². The minimum absolute atomic E-state index is 0.0509. The number of benzene rings is 2. The molecule has 0 saturated heterocycles. The van der Waals surface area contributed by atoms with Crippen molar-refractivity contribution in [2.75, 3.05) is 11.9 Å². The van der Waals surface area contributed by atoms with E-state index in [0.29, 0.717) is 11.4 Å². The second-order valence-corrected chi connectivity index (χ2v) is 8.88. The predicted octanol–water partition coefficient (Wildman–Crippen LogP) is 4.45. The summed E-state index contributed by atoms with van der Waals surface area (Å²) in [6.45, 7) is 4.19. The number of carbonyl (C=O) groups is 1. The molecule has 1 aliphatic heterocycles. The Balaban J connectivity index is 1.66.